The first-order chi connectivity index (χ1) is 21.6. The van der Waals surface area contributed by atoms with Crippen LogP contribution in [0.1, 0.15) is 33.2 Å². The second-order valence-corrected chi connectivity index (χ2v) is 9.17. The van der Waals surface area contributed by atoms with Crippen molar-refractivity contribution in [2.45, 2.75) is 20.6 Å². The molecule has 2 aromatic heterocycles. The molecule has 0 fully saturated rings. The molecule has 4 heteroatoms. The maximum atomic E-state index is 15.1. The number of aryl methyl sites for hydroxylation is 2. The molecule has 6 aromatic rings. The lowest BCUT2D eigenvalue weighted by Crippen LogP contribution is -2.31. The van der Waals surface area contributed by atoms with Crippen molar-refractivity contribution in [2.75, 3.05) is 0 Å². The third-order valence-electron chi connectivity index (χ3n) is 6.83. The van der Waals surface area contributed by atoms with Gasteiger partial charge in [0.25, 0.3) is 0 Å². The maximum absolute atomic E-state index is 15.1. The molecule has 184 valence electrons. The van der Waals surface area contributed by atoms with Crippen molar-refractivity contribution < 1.29 is 24.3 Å². The molecule has 4 aromatic carbocycles. The van der Waals surface area contributed by atoms with Gasteiger partial charge in [-0.25, -0.2) is 4.39 Å². The highest BCUT2D eigenvalue weighted by molar-refractivity contribution is 6.14. The maximum Gasteiger partial charge on any atom is 0.216 e. The molecule has 0 aliphatic rings. The van der Waals surface area contributed by atoms with E-state index in [1.807, 2.05) is 30.3 Å². The average molecular weight is 506 g/mol. The first-order valence-corrected chi connectivity index (χ1v) is 11.9. The van der Waals surface area contributed by atoms with Gasteiger partial charge in [-0.15, -0.1) is 0 Å². The Labute approximate surface area is 232 Å². The summed E-state index contributed by atoms with van der Waals surface area (Å²) < 4.78 is 88.3. The molecule has 3 nitrogen and oxygen atoms in total. The third-order valence-corrected chi connectivity index (χ3v) is 6.83. The Hall–Kier alpha value is -4.75. The van der Waals surface area contributed by atoms with Crippen LogP contribution in [-0.4, -0.2) is 0 Å². The van der Waals surface area contributed by atoms with Crippen molar-refractivity contribution in [3.63, 3.8) is 0 Å². The largest absolute Gasteiger partial charge is 0.454 e. The van der Waals surface area contributed by atoms with Crippen molar-refractivity contribution in [1.29, 1.82) is 5.26 Å². The van der Waals surface area contributed by atoms with Gasteiger partial charge in [0.2, 0.25) is 11.9 Å². The fourth-order valence-corrected chi connectivity index (χ4v) is 4.99. The Morgan fingerprint density at radius 1 is 0.868 bits per heavy atom. The molecule has 0 bridgehead atoms. The average Bonchev–Trinajstić information content (AvgIpc) is 3.38. The van der Waals surface area contributed by atoms with Gasteiger partial charge in [-0.2, -0.15) is 9.83 Å². The molecule has 0 N–H and O–H groups in total. The molecule has 0 atom stereocenters. The first kappa shape index (κ1) is 16.2. The highest BCUT2D eigenvalue weighted by atomic mass is 19.1. The van der Waals surface area contributed by atoms with Crippen LogP contribution in [-0.2, 0) is 7.05 Å². The summed E-state index contributed by atoms with van der Waals surface area (Å²) in [6.07, 6.45) is -0.701. The van der Waals surface area contributed by atoms with Crippen LogP contribution in [0.5, 0.6) is 0 Å². The van der Waals surface area contributed by atoms with Gasteiger partial charge in [-0.3, -0.25) is 0 Å². The highest BCUT2D eigenvalue weighted by Crippen LogP contribution is 2.42. The number of nitriles is 1. The topological polar surface area (TPSA) is 40.8 Å². The summed E-state index contributed by atoms with van der Waals surface area (Å²) in [7, 11) is 1.38. The molecule has 0 aliphatic carbocycles. The van der Waals surface area contributed by atoms with E-state index in [0.29, 0.717) is 38.6 Å². The summed E-state index contributed by atoms with van der Waals surface area (Å²) in [6.45, 7) is -3.73. The second kappa shape index (κ2) is 8.97. The van der Waals surface area contributed by atoms with Crippen LogP contribution < -0.4 is 4.57 Å². The van der Waals surface area contributed by atoms with Crippen molar-refractivity contribution in [1.82, 2.24) is 0 Å². The van der Waals surface area contributed by atoms with Crippen LogP contribution in [0.3, 0.4) is 0 Å². The molecule has 0 saturated heterocycles. The third kappa shape index (κ3) is 3.67. The Bertz CT molecular complexity index is 2250. The minimum atomic E-state index is -2.99. The Balaban J connectivity index is 1.70. The summed E-state index contributed by atoms with van der Waals surface area (Å²) in [5.74, 6) is -1.30. The van der Waals surface area contributed by atoms with Gasteiger partial charge in [0.15, 0.2) is 5.82 Å². The van der Waals surface area contributed by atoms with E-state index in [1.165, 1.54) is 7.05 Å². The van der Waals surface area contributed by atoms with Gasteiger partial charge < -0.3 is 4.42 Å². The summed E-state index contributed by atoms with van der Waals surface area (Å²) >= 11 is 0. The van der Waals surface area contributed by atoms with E-state index < -0.39 is 37.3 Å². The van der Waals surface area contributed by atoms with Gasteiger partial charge in [0.05, 0.1) is 18.6 Å². The summed E-state index contributed by atoms with van der Waals surface area (Å²) in [6, 6.07) is 22.6. The normalized spacial score (nSPS) is 15.0. The quantitative estimate of drug-likeness (QED) is 0.227. The van der Waals surface area contributed by atoms with Crippen LogP contribution in [0.4, 0.5) is 4.39 Å². The predicted molar refractivity (Wildman–Crippen MR) is 150 cm³/mol. The number of benzene rings is 4. The molecule has 0 radical (unpaired) electrons. The van der Waals surface area contributed by atoms with E-state index in [1.54, 1.807) is 49.4 Å². The second-order valence-electron chi connectivity index (χ2n) is 9.17. The number of pyridine rings is 1. The number of rotatable bonds is 3. The van der Waals surface area contributed by atoms with Gasteiger partial charge in [0, 0.05) is 30.6 Å². The summed E-state index contributed by atoms with van der Waals surface area (Å²) in [5.41, 5.74) is 2.93. The van der Waals surface area contributed by atoms with E-state index in [2.05, 4.69) is 6.07 Å². The van der Waals surface area contributed by atoms with Gasteiger partial charge in [-0.05, 0) is 66.1 Å². The zero-order valence-corrected chi connectivity index (χ0v) is 20.6. The lowest BCUT2D eigenvalue weighted by Gasteiger charge is -2.11. The number of hydrogen-bond donors (Lipinski definition) is 0. The molecule has 0 saturated carbocycles. The van der Waals surface area contributed by atoms with Crippen molar-refractivity contribution in [3.8, 4) is 39.6 Å². The SMILES string of the molecule is [2H]c1c(C([2H])([2H])[2H])c(F)c([2H])[n+](C)c1-c1c(C)ccc2c1oc1c(-c3ccc(-c4ccccc4)c(C([2H])([2H])[2H])c3)c(C#N)ccc12. The first-order valence-electron chi connectivity index (χ1n) is 15.9. The van der Waals surface area contributed by atoms with E-state index in [9.17, 15) is 5.26 Å². The van der Waals surface area contributed by atoms with E-state index >= 15 is 4.39 Å². The number of hydrogen-bond acceptors (Lipinski definition) is 2. The lowest BCUT2D eigenvalue weighted by molar-refractivity contribution is -0.662. The molecule has 38 heavy (non-hydrogen) atoms. The number of fused-ring (bicyclic) bond motifs is 3. The van der Waals surface area contributed by atoms with Crippen LogP contribution >= 0.6 is 0 Å². The minimum Gasteiger partial charge on any atom is -0.454 e. The zero-order chi connectivity index (χ0) is 33.3. The molecule has 2 heterocycles. The highest BCUT2D eigenvalue weighted by Gasteiger charge is 2.24. The Morgan fingerprint density at radius 2 is 1.61 bits per heavy atom. The van der Waals surface area contributed by atoms with E-state index in [4.69, 9.17) is 15.4 Å². The molecule has 0 unspecified atom stereocenters. The molecular weight excluding hydrogens is 471 g/mol. The fraction of sp³-hybridized carbons (Fsp3) is 0.118. The monoisotopic (exact) mass is 505 g/mol. The smallest absolute Gasteiger partial charge is 0.216 e. The Morgan fingerprint density at radius 3 is 2.34 bits per heavy atom. The predicted octanol–water partition coefficient (Wildman–Crippen LogP) is 8.35. The fourth-order valence-electron chi connectivity index (χ4n) is 4.99. The summed E-state index contributed by atoms with van der Waals surface area (Å²) in [5, 5.41) is 11.3. The van der Waals surface area contributed by atoms with Crippen LogP contribution in [0.25, 0.3) is 55.4 Å². The van der Waals surface area contributed by atoms with Crippen molar-refractivity contribution in [2.24, 2.45) is 7.05 Å². The molecule has 0 aliphatic heterocycles. The zero-order valence-electron chi connectivity index (χ0n) is 28.6. The lowest BCUT2D eigenvalue weighted by atomic mass is 9.92. The van der Waals surface area contributed by atoms with Crippen LogP contribution in [0, 0.1) is 37.8 Å². The number of furan rings is 1. The minimum absolute atomic E-state index is 0.0151. The number of halogens is 1. The number of aromatic nitrogens is 1. The van der Waals surface area contributed by atoms with Crippen LogP contribution in [0.2, 0.25) is 0 Å². The van der Waals surface area contributed by atoms with Crippen molar-refractivity contribution >= 4 is 21.9 Å². The van der Waals surface area contributed by atoms with Gasteiger partial charge in [-0.1, -0.05) is 60.7 Å². The van der Waals surface area contributed by atoms with Gasteiger partial charge >= 0.3 is 0 Å². The molecule has 0 amide bonds. The van der Waals surface area contributed by atoms with E-state index in [0.717, 1.165) is 10.1 Å². The number of nitrogens with zero attached hydrogens (tertiary/aromatic N) is 2. The Kier molecular flexibility index (Phi) is 3.82. The van der Waals surface area contributed by atoms with Gasteiger partial charge in [0.1, 0.15) is 19.6 Å². The standard InChI is InChI=1S/C34H26FN2O/c1-20-10-13-27-28-15-12-25(18-36)32(24-11-14-26(21(2)16-24)23-8-6-5-7-9-23)34(28)38-33(27)31(20)30-17-22(3)29(35)19-37(30)4/h5-17,19H,1-4H3/q+1/i2D3,3D3,17D,19D. The van der Waals surface area contributed by atoms with Crippen LogP contribution in [0.15, 0.2) is 89.4 Å². The molecule has 0 spiro atoms. The van der Waals surface area contributed by atoms with Crippen molar-refractivity contribution in [3.05, 3.63) is 113 Å². The molecular formula is C34H26FN2O+. The summed E-state index contributed by atoms with van der Waals surface area (Å²) in [4.78, 5) is 0. The molecule has 6 rings (SSSR count). The van der Waals surface area contributed by atoms with E-state index in [-0.39, 0.29) is 28.0 Å².